The Morgan fingerprint density at radius 1 is 1.19 bits per heavy atom. The van der Waals surface area contributed by atoms with E-state index in [-0.39, 0.29) is 17.5 Å². The average Bonchev–Trinajstić information content (AvgIpc) is 3.07. The summed E-state index contributed by atoms with van der Waals surface area (Å²) in [6, 6.07) is 10.5. The van der Waals surface area contributed by atoms with Gasteiger partial charge in [0.25, 0.3) is 0 Å². The number of benzene rings is 2. The van der Waals surface area contributed by atoms with E-state index in [4.69, 9.17) is 22.3 Å². The molecule has 2 heterocycles. The molecule has 0 saturated carbocycles. The Kier molecular flexibility index (Phi) is 5.45. The predicted molar refractivity (Wildman–Crippen MR) is 116 cm³/mol. The van der Waals surface area contributed by atoms with E-state index in [2.05, 4.69) is 5.32 Å². The van der Waals surface area contributed by atoms with E-state index in [1.54, 1.807) is 36.9 Å². The minimum absolute atomic E-state index is 0.0183. The maximum Gasteiger partial charge on any atom is 0.242 e. The van der Waals surface area contributed by atoms with Gasteiger partial charge in [0.05, 0.1) is 17.1 Å². The molecule has 0 unspecified atom stereocenters. The van der Waals surface area contributed by atoms with Gasteiger partial charge in [-0.25, -0.2) is 13.8 Å². The number of hydrogen-bond acceptors (Lipinski definition) is 4. The van der Waals surface area contributed by atoms with E-state index in [0.29, 0.717) is 41.7 Å². The number of rotatable bonds is 4. The summed E-state index contributed by atoms with van der Waals surface area (Å²) in [6.07, 6.45) is 0. The maximum atomic E-state index is 14.0. The van der Waals surface area contributed by atoms with Gasteiger partial charge in [0, 0.05) is 24.3 Å². The van der Waals surface area contributed by atoms with E-state index in [0.717, 1.165) is 0 Å². The third-order valence-corrected chi connectivity index (χ3v) is 5.40. The summed E-state index contributed by atoms with van der Waals surface area (Å²) >= 11 is 5.80. The van der Waals surface area contributed by atoms with E-state index >= 15 is 0 Å². The number of anilines is 2. The van der Waals surface area contributed by atoms with Gasteiger partial charge in [0.1, 0.15) is 29.0 Å². The van der Waals surface area contributed by atoms with Gasteiger partial charge in [0.15, 0.2) is 0 Å². The summed E-state index contributed by atoms with van der Waals surface area (Å²) in [6.45, 7) is 4.48. The number of carbonyl (C=O) groups excluding carboxylic acids is 1. The molecule has 1 aliphatic rings. The second-order valence-electron chi connectivity index (χ2n) is 8.09. The normalized spacial score (nSPS) is 13.8. The molecule has 0 saturated heterocycles. The molecule has 2 aromatic carbocycles. The lowest BCUT2D eigenvalue weighted by Gasteiger charge is -2.33. The number of amides is 1. The van der Waals surface area contributed by atoms with Crippen LogP contribution in [0.15, 0.2) is 42.5 Å². The molecule has 3 aromatic rings. The molecule has 3 N–H and O–H groups in total. The molecule has 6 nitrogen and oxygen atoms in total. The first-order valence-corrected chi connectivity index (χ1v) is 10.2. The number of halogens is 3. The van der Waals surface area contributed by atoms with Gasteiger partial charge in [-0.1, -0.05) is 23.7 Å². The van der Waals surface area contributed by atoms with Crippen molar-refractivity contribution in [2.24, 2.45) is 5.73 Å². The van der Waals surface area contributed by atoms with Crippen LogP contribution in [0.3, 0.4) is 0 Å². The van der Waals surface area contributed by atoms with Crippen LogP contribution in [0.2, 0.25) is 5.02 Å². The van der Waals surface area contributed by atoms with Crippen LogP contribution >= 0.6 is 11.6 Å². The summed E-state index contributed by atoms with van der Waals surface area (Å²) in [5.41, 5.74) is 6.53. The van der Waals surface area contributed by atoms with Crippen molar-refractivity contribution < 1.29 is 13.6 Å². The number of nitrogens with zero attached hydrogens (tertiary/aromatic N) is 3. The first kappa shape index (κ1) is 21.3. The Labute approximate surface area is 183 Å². The molecule has 1 amide bonds. The topological polar surface area (TPSA) is 76.2 Å². The molecule has 0 atom stereocenters. The molecule has 0 fully saturated rings. The molecule has 0 bridgehead atoms. The number of hydrogen-bond donors (Lipinski definition) is 2. The predicted octanol–water partition coefficient (Wildman–Crippen LogP) is 4.30. The molecule has 31 heavy (non-hydrogen) atoms. The van der Waals surface area contributed by atoms with Gasteiger partial charge in [-0.3, -0.25) is 4.79 Å². The molecule has 4 rings (SSSR count). The average molecular weight is 446 g/mol. The van der Waals surface area contributed by atoms with Gasteiger partial charge in [-0.15, -0.1) is 0 Å². The number of nitrogens with one attached hydrogen (secondary N) is 1. The summed E-state index contributed by atoms with van der Waals surface area (Å²) in [5, 5.41) is 3.21. The molecule has 0 radical (unpaired) electrons. The van der Waals surface area contributed by atoms with Crippen molar-refractivity contribution >= 4 is 29.0 Å². The van der Waals surface area contributed by atoms with E-state index in [1.165, 1.54) is 24.3 Å². The van der Waals surface area contributed by atoms with Crippen LogP contribution in [-0.4, -0.2) is 32.4 Å². The monoisotopic (exact) mass is 445 g/mol. The summed E-state index contributed by atoms with van der Waals surface area (Å²) in [4.78, 5) is 19.0. The second kappa shape index (κ2) is 7.94. The fourth-order valence-electron chi connectivity index (χ4n) is 3.59. The van der Waals surface area contributed by atoms with Crippen LogP contribution in [0.1, 0.15) is 19.7 Å². The Morgan fingerprint density at radius 3 is 2.65 bits per heavy atom. The van der Waals surface area contributed by atoms with Gasteiger partial charge in [0.2, 0.25) is 5.91 Å². The lowest BCUT2D eigenvalue weighted by atomic mass is 10.1. The minimum atomic E-state index is -0.998. The van der Waals surface area contributed by atoms with Crippen molar-refractivity contribution in [2.45, 2.75) is 32.5 Å². The molecular formula is C22H22ClF2N5O. The van der Waals surface area contributed by atoms with Gasteiger partial charge in [-0.2, -0.15) is 0 Å². The first-order chi connectivity index (χ1) is 14.6. The van der Waals surface area contributed by atoms with Crippen molar-refractivity contribution in [3.63, 3.8) is 0 Å². The highest BCUT2D eigenvalue weighted by Gasteiger charge is 2.32. The van der Waals surface area contributed by atoms with Crippen molar-refractivity contribution in [3.05, 3.63) is 64.9 Å². The summed E-state index contributed by atoms with van der Waals surface area (Å²) in [7, 11) is 0. The van der Waals surface area contributed by atoms with Crippen LogP contribution in [0, 0.1) is 11.6 Å². The molecule has 0 spiro atoms. The SMILES string of the molecule is CC(C)(N)C(=O)N1CCn2c(nc(-c3cccc(F)c3)c2Nc2ccc(Cl)c(F)c2)C1. The molecule has 162 valence electrons. The lowest BCUT2D eigenvalue weighted by molar-refractivity contribution is -0.137. The maximum absolute atomic E-state index is 14.0. The van der Waals surface area contributed by atoms with Crippen molar-refractivity contribution in [3.8, 4) is 11.3 Å². The highest BCUT2D eigenvalue weighted by atomic mass is 35.5. The zero-order chi connectivity index (χ0) is 22.3. The van der Waals surface area contributed by atoms with E-state index in [9.17, 15) is 13.6 Å². The van der Waals surface area contributed by atoms with Crippen molar-refractivity contribution in [2.75, 3.05) is 11.9 Å². The Bertz CT molecular complexity index is 1160. The fraction of sp³-hybridized carbons (Fsp3) is 0.273. The smallest absolute Gasteiger partial charge is 0.242 e. The highest BCUT2D eigenvalue weighted by molar-refractivity contribution is 6.30. The quantitative estimate of drug-likeness (QED) is 0.627. The largest absolute Gasteiger partial charge is 0.340 e. The summed E-state index contributed by atoms with van der Waals surface area (Å²) < 4.78 is 29.8. The highest BCUT2D eigenvalue weighted by Crippen LogP contribution is 2.34. The number of carbonyl (C=O) groups is 1. The van der Waals surface area contributed by atoms with Crippen LogP contribution in [0.5, 0.6) is 0 Å². The molecule has 0 aliphatic carbocycles. The van der Waals surface area contributed by atoms with Crippen LogP contribution in [0.25, 0.3) is 11.3 Å². The van der Waals surface area contributed by atoms with Gasteiger partial charge < -0.3 is 20.5 Å². The van der Waals surface area contributed by atoms with Gasteiger partial charge >= 0.3 is 0 Å². The Balaban J connectivity index is 1.77. The zero-order valence-corrected chi connectivity index (χ0v) is 17.9. The second-order valence-corrected chi connectivity index (χ2v) is 8.50. The standard InChI is InChI=1S/C22H22ClF2N5O/c1-22(2,26)21(31)29-8-9-30-18(12-29)28-19(13-4-3-5-14(24)10-13)20(30)27-15-6-7-16(23)17(25)11-15/h3-7,10-11,27H,8-9,12,26H2,1-2H3. The number of nitrogens with two attached hydrogens (primary N) is 1. The molecular weight excluding hydrogens is 424 g/mol. The number of imidazole rings is 1. The van der Waals surface area contributed by atoms with Gasteiger partial charge in [-0.05, 0) is 44.2 Å². The molecule has 1 aliphatic heterocycles. The third kappa shape index (κ3) is 4.26. The zero-order valence-electron chi connectivity index (χ0n) is 17.1. The van der Waals surface area contributed by atoms with Crippen LogP contribution < -0.4 is 11.1 Å². The van der Waals surface area contributed by atoms with Crippen LogP contribution in [-0.2, 0) is 17.9 Å². The van der Waals surface area contributed by atoms with Crippen molar-refractivity contribution in [1.82, 2.24) is 14.5 Å². The molecule has 1 aromatic heterocycles. The molecule has 9 heteroatoms. The third-order valence-electron chi connectivity index (χ3n) is 5.09. The van der Waals surface area contributed by atoms with Crippen LogP contribution in [0.4, 0.5) is 20.3 Å². The number of aromatic nitrogens is 2. The van der Waals surface area contributed by atoms with E-state index in [1.807, 2.05) is 4.57 Å². The van der Waals surface area contributed by atoms with Crippen molar-refractivity contribution in [1.29, 1.82) is 0 Å². The Morgan fingerprint density at radius 2 is 1.97 bits per heavy atom. The lowest BCUT2D eigenvalue weighted by Crippen LogP contribution is -2.52. The first-order valence-electron chi connectivity index (χ1n) is 9.79. The number of fused-ring (bicyclic) bond motifs is 1. The van der Waals surface area contributed by atoms with E-state index < -0.39 is 17.2 Å². The minimum Gasteiger partial charge on any atom is -0.340 e. The summed E-state index contributed by atoms with van der Waals surface area (Å²) in [5.74, 6) is 0.0813. The Hall–Kier alpha value is -2.97. The fourth-order valence-corrected chi connectivity index (χ4v) is 3.70.